The van der Waals surface area contributed by atoms with Crippen LogP contribution in [0.15, 0.2) is 53.4 Å². The first-order chi connectivity index (χ1) is 10.3. The molecule has 0 aliphatic rings. The highest BCUT2D eigenvalue weighted by Gasteiger charge is 2.27. The summed E-state index contributed by atoms with van der Waals surface area (Å²) in [5, 5.41) is 0. The zero-order chi connectivity index (χ0) is 16.3. The van der Waals surface area contributed by atoms with Gasteiger partial charge in [-0.05, 0) is 17.7 Å². The molecule has 0 spiro atoms. The largest absolute Gasteiger partial charge is 0.368 e. The van der Waals surface area contributed by atoms with Crippen molar-refractivity contribution in [1.82, 2.24) is 4.72 Å². The molecule has 1 atom stereocenters. The van der Waals surface area contributed by atoms with Gasteiger partial charge in [0.2, 0.25) is 15.9 Å². The smallest absolute Gasteiger partial charge is 0.244 e. The van der Waals surface area contributed by atoms with Gasteiger partial charge in [0, 0.05) is 6.07 Å². The molecular weight excluding hydrogens is 314 g/mol. The molecule has 2 rings (SSSR count). The molecule has 0 aliphatic heterocycles. The third-order valence-electron chi connectivity index (χ3n) is 2.87. The fourth-order valence-electron chi connectivity index (χ4n) is 1.85. The van der Waals surface area contributed by atoms with Gasteiger partial charge < -0.3 is 5.73 Å². The number of sulfonamides is 1. The van der Waals surface area contributed by atoms with Crippen LogP contribution in [0.4, 0.5) is 8.78 Å². The van der Waals surface area contributed by atoms with E-state index in [-0.39, 0.29) is 0 Å². The summed E-state index contributed by atoms with van der Waals surface area (Å²) in [4.78, 5) is 10.7. The van der Waals surface area contributed by atoms with Crippen LogP contribution in [0, 0.1) is 11.6 Å². The lowest BCUT2D eigenvalue weighted by molar-refractivity contribution is -0.119. The summed E-state index contributed by atoms with van der Waals surface area (Å²) in [6, 6.07) is 8.52. The van der Waals surface area contributed by atoms with Gasteiger partial charge in [-0.3, -0.25) is 4.79 Å². The summed E-state index contributed by atoms with van der Waals surface area (Å²) in [6.45, 7) is 0. The van der Waals surface area contributed by atoms with Gasteiger partial charge in [0.15, 0.2) is 0 Å². The zero-order valence-electron chi connectivity index (χ0n) is 11.2. The minimum absolute atomic E-state index is 0.307. The number of carbonyl (C=O) groups is 1. The Bertz CT molecular complexity index is 795. The molecule has 0 saturated carbocycles. The van der Waals surface area contributed by atoms with Crippen molar-refractivity contribution >= 4 is 15.9 Å². The Morgan fingerprint density at radius 1 is 1.09 bits per heavy atom. The highest BCUT2D eigenvalue weighted by Crippen LogP contribution is 2.20. The van der Waals surface area contributed by atoms with Crippen molar-refractivity contribution in [2.75, 3.05) is 0 Å². The van der Waals surface area contributed by atoms with E-state index >= 15 is 0 Å². The highest BCUT2D eigenvalue weighted by molar-refractivity contribution is 7.89. The third-order valence-corrected chi connectivity index (χ3v) is 4.33. The number of nitrogens with one attached hydrogen (secondary N) is 1. The van der Waals surface area contributed by atoms with Crippen LogP contribution in [0.3, 0.4) is 0 Å². The Balaban J connectivity index is 2.39. The molecule has 0 aliphatic carbocycles. The molecule has 0 saturated heterocycles. The van der Waals surface area contributed by atoms with Crippen LogP contribution in [0.25, 0.3) is 0 Å². The number of primary amides is 1. The molecule has 2 aromatic rings. The van der Waals surface area contributed by atoms with Crippen molar-refractivity contribution in [3.8, 4) is 0 Å². The lowest BCUT2D eigenvalue weighted by Crippen LogP contribution is -2.37. The summed E-state index contributed by atoms with van der Waals surface area (Å²) < 4.78 is 52.8. The Kier molecular flexibility index (Phi) is 4.53. The minimum Gasteiger partial charge on any atom is -0.368 e. The van der Waals surface area contributed by atoms with Crippen LogP contribution in [0.1, 0.15) is 11.6 Å². The van der Waals surface area contributed by atoms with E-state index in [1.54, 1.807) is 18.2 Å². The van der Waals surface area contributed by atoms with E-state index in [1.807, 2.05) is 4.72 Å². The maximum Gasteiger partial charge on any atom is 0.244 e. The predicted octanol–water partition coefficient (Wildman–Crippen LogP) is 1.47. The van der Waals surface area contributed by atoms with Gasteiger partial charge in [0.25, 0.3) is 0 Å². The first kappa shape index (κ1) is 16.1. The Hall–Kier alpha value is -2.32. The standard InChI is InChI=1S/C14H12F2N2O3S/c15-10-6-7-12(11(16)8-10)22(20,21)18-13(14(17)19)9-4-2-1-3-5-9/h1-8,13,18H,(H2,17,19)/t13-/m0/s1. The molecule has 8 heteroatoms. The maximum atomic E-state index is 13.6. The van der Waals surface area contributed by atoms with Crippen LogP contribution >= 0.6 is 0 Å². The second-order valence-corrected chi connectivity index (χ2v) is 6.12. The van der Waals surface area contributed by atoms with E-state index in [1.165, 1.54) is 12.1 Å². The van der Waals surface area contributed by atoms with E-state index in [4.69, 9.17) is 5.73 Å². The SMILES string of the molecule is NC(=O)[C@@H](NS(=O)(=O)c1ccc(F)cc1F)c1ccccc1. The van der Waals surface area contributed by atoms with Crippen LogP contribution in [0.5, 0.6) is 0 Å². The van der Waals surface area contributed by atoms with Crippen molar-refractivity contribution in [2.45, 2.75) is 10.9 Å². The molecule has 2 aromatic carbocycles. The van der Waals surface area contributed by atoms with E-state index in [0.29, 0.717) is 11.6 Å². The molecule has 0 radical (unpaired) electrons. The second kappa shape index (κ2) is 6.20. The normalized spacial score (nSPS) is 12.8. The Morgan fingerprint density at radius 3 is 2.27 bits per heavy atom. The zero-order valence-corrected chi connectivity index (χ0v) is 12.0. The molecule has 0 aromatic heterocycles. The van der Waals surface area contributed by atoms with Crippen LogP contribution in [-0.2, 0) is 14.8 Å². The van der Waals surface area contributed by atoms with Gasteiger partial charge in [-0.25, -0.2) is 17.2 Å². The molecule has 0 heterocycles. The van der Waals surface area contributed by atoms with Gasteiger partial charge in [0.1, 0.15) is 22.6 Å². The number of hydrogen-bond acceptors (Lipinski definition) is 3. The lowest BCUT2D eigenvalue weighted by atomic mass is 10.1. The quantitative estimate of drug-likeness (QED) is 0.872. The second-order valence-electron chi connectivity index (χ2n) is 4.44. The van der Waals surface area contributed by atoms with Crippen LogP contribution in [0.2, 0.25) is 0 Å². The molecule has 3 N–H and O–H groups in total. The summed E-state index contributed by atoms with van der Waals surface area (Å²) in [6.07, 6.45) is 0. The van der Waals surface area contributed by atoms with Crippen molar-refractivity contribution in [2.24, 2.45) is 5.73 Å². The fourth-order valence-corrected chi connectivity index (χ4v) is 3.10. The maximum absolute atomic E-state index is 13.6. The van der Waals surface area contributed by atoms with Gasteiger partial charge in [-0.15, -0.1) is 0 Å². The third kappa shape index (κ3) is 3.46. The fraction of sp³-hybridized carbons (Fsp3) is 0.0714. The number of benzene rings is 2. The van der Waals surface area contributed by atoms with Crippen LogP contribution < -0.4 is 10.5 Å². The molecule has 5 nitrogen and oxygen atoms in total. The highest BCUT2D eigenvalue weighted by atomic mass is 32.2. The van der Waals surface area contributed by atoms with Gasteiger partial charge >= 0.3 is 0 Å². The van der Waals surface area contributed by atoms with E-state index in [9.17, 15) is 22.0 Å². The first-order valence-corrected chi connectivity index (χ1v) is 7.61. The van der Waals surface area contributed by atoms with Crippen molar-refractivity contribution in [1.29, 1.82) is 0 Å². The van der Waals surface area contributed by atoms with Crippen molar-refractivity contribution in [3.63, 3.8) is 0 Å². The van der Waals surface area contributed by atoms with E-state index in [2.05, 4.69) is 0 Å². The molecule has 0 fully saturated rings. The average molecular weight is 326 g/mol. The molecule has 1 amide bonds. The molecule has 0 bridgehead atoms. The Labute approximate surface area is 125 Å². The summed E-state index contributed by atoms with van der Waals surface area (Å²) in [7, 11) is -4.39. The van der Waals surface area contributed by atoms with Crippen LogP contribution in [-0.4, -0.2) is 14.3 Å². The molecule has 22 heavy (non-hydrogen) atoms. The number of carbonyl (C=O) groups excluding carboxylic acids is 1. The van der Waals surface area contributed by atoms with E-state index in [0.717, 1.165) is 12.1 Å². The Morgan fingerprint density at radius 2 is 1.73 bits per heavy atom. The van der Waals surface area contributed by atoms with Crippen molar-refractivity contribution < 1.29 is 22.0 Å². The van der Waals surface area contributed by atoms with E-state index < -0.39 is 38.5 Å². The molecule has 0 unspecified atom stereocenters. The topological polar surface area (TPSA) is 89.3 Å². The van der Waals surface area contributed by atoms with Gasteiger partial charge in [0.05, 0.1) is 0 Å². The molecule has 116 valence electrons. The van der Waals surface area contributed by atoms with Gasteiger partial charge in [-0.1, -0.05) is 30.3 Å². The first-order valence-electron chi connectivity index (χ1n) is 6.13. The summed E-state index contributed by atoms with van der Waals surface area (Å²) >= 11 is 0. The van der Waals surface area contributed by atoms with Gasteiger partial charge in [-0.2, -0.15) is 4.72 Å². The number of halogens is 2. The summed E-state index contributed by atoms with van der Waals surface area (Å²) in [5.74, 6) is -3.12. The average Bonchev–Trinajstić information content (AvgIpc) is 2.45. The number of amides is 1. The predicted molar refractivity (Wildman–Crippen MR) is 75.1 cm³/mol. The summed E-state index contributed by atoms with van der Waals surface area (Å²) in [5.41, 5.74) is 5.50. The molecular formula is C14H12F2N2O3S. The number of nitrogens with two attached hydrogens (primary N) is 1. The number of rotatable bonds is 5. The monoisotopic (exact) mass is 326 g/mol. The number of hydrogen-bond donors (Lipinski definition) is 2. The lowest BCUT2D eigenvalue weighted by Gasteiger charge is -2.16. The van der Waals surface area contributed by atoms with Crippen molar-refractivity contribution in [3.05, 3.63) is 65.7 Å². The minimum atomic E-state index is -4.39.